The van der Waals surface area contributed by atoms with Crippen LogP contribution in [0.25, 0.3) is 16.7 Å². The fraction of sp³-hybridized carbons (Fsp3) is 0.167. The summed E-state index contributed by atoms with van der Waals surface area (Å²) >= 11 is 0. The molecule has 0 fully saturated rings. The van der Waals surface area contributed by atoms with E-state index in [0.29, 0.717) is 11.6 Å². The van der Waals surface area contributed by atoms with Gasteiger partial charge in [0.1, 0.15) is 12.1 Å². The van der Waals surface area contributed by atoms with Crippen LogP contribution in [0, 0.1) is 0 Å². The number of Topliss-reactive ketones (excluding diaryl/α,β-unsaturated/α-hetero) is 1. The van der Waals surface area contributed by atoms with Crippen molar-refractivity contribution in [2.45, 2.75) is 6.92 Å². The second-order valence-corrected chi connectivity index (χ2v) is 3.99. The Morgan fingerprint density at radius 2 is 2.26 bits per heavy atom. The number of nitrogens with zero attached hydrogens (tertiary/aromatic N) is 4. The van der Waals surface area contributed by atoms with Gasteiger partial charge in [0, 0.05) is 18.5 Å². The molecule has 3 aromatic heterocycles. The van der Waals surface area contributed by atoms with Gasteiger partial charge in [-0.1, -0.05) is 0 Å². The molecule has 0 aliphatic rings. The number of rotatable bonds is 3. The molecule has 3 heterocycles. The summed E-state index contributed by atoms with van der Waals surface area (Å²) in [7, 11) is 1.59. The molecule has 3 aromatic rings. The average Bonchev–Trinajstić information content (AvgIpc) is 3.06. The van der Waals surface area contributed by atoms with Crippen LogP contribution in [0.1, 0.15) is 17.5 Å². The highest BCUT2D eigenvalue weighted by atomic mass is 16.5. The van der Waals surface area contributed by atoms with E-state index in [-0.39, 0.29) is 11.6 Å². The lowest BCUT2D eigenvalue weighted by molar-refractivity contribution is 0.100. The normalized spacial score (nSPS) is 10.8. The lowest BCUT2D eigenvalue weighted by Gasteiger charge is -2.05. The van der Waals surface area contributed by atoms with Crippen molar-refractivity contribution in [2.24, 2.45) is 0 Å². The maximum atomic E-state index is 11.2. The average molecular weight is 257 g/mol. The van der Waals surface area contributed by atoms with Crippen LogP contribution < -0.4 is 4.74 Å². The predicted octanol–water partition coefficient (Wildman–Crippen LogP) is 1.35. The molecule has 0 aliphatic heterocycles. The molecule has 0 saturated heterocycles. The van der Waals surface area contributed by atoms with Crippen LogP contribution in [0.2, 0.25) is 0 Å². The molecule has 1 N–H and O–H groups in total. The molecule has 0 amide bonds. The topological polar surface area (TPSA) is 85.7 Å². The summed E-state index contributed by atoms with van der Waals surface area (Å²) in [6.45, 7) is 1.42. The van der Waals surface area contributed by atoms with Crippen LogP contribution in [0.4, 0.5) is 0 Å². The van der Waals surface area contributed by atoms with Gasteiger partial charge in [-0.25, -0.2) is 9.97 Å². The number of aromatic amines is 1. The smallest absolute Gasteiger partial charge is 0.217 e. The first-order valence-corrected chi connectivity index (χ1v) is 5.63. The number of fused-ring (bicyclic) bond motifs is 1. The van der Waals surface area contributed by atoms with Gasteiger partial charge < -0.3 is 9.72 Å². The molecule has 3 rings (SSSR count). The van der Waals surface area contributed by atoms with Crippen LogP contribution >= 0.6 is 0 Å². The largest absolute Gasteiger partial charge is 0.494 e. The zero-order valence-corrected chi connectivity index (χ0v) is 10.4. The molecule has 0 atom stereocenters. The first-order valence-electron chi connectivity index (χ1n) is 5.63. The van der Waals surface area contributed by atoms with Crippen LogP contribution in [0.3, 0.4) is 0 Å². The molecule has 7 nitrogen and oxygen atoms in total. The molecule has 0 bridgehead atoms. The molecular formula is C12H11N5O2. The predicted molar refractivity (Wildman–Crippen MR) is 67.6 cm³/mol. The van der Waals surface area contributed by atoms with E-state index >= 15 is 0 Å². The van der Waals surface area contributed by atoms with E-state index in [0.717, 1.165) is 10.9 Å². The van der Waals surface area contributed by atoms with Crippen LogP contribution in [-0.2, 0) is 0 Å². The molecule has 0 unspecified atom stereocenters. The standard InChI is InChI=1S/C12H11N5O2/c1-7(18)11-15-6-17(16-11)12-10-8(3-4-13-10)9(19-2)5-14-12/h3-6,13H,1-2H3. The zero-order valence-electron chi connectivity index (χ0n) is 10.4. The Labute approximate surface area is 108 Å². The number of methoxy groups -OCH3 is 1. The number of carbonyl (C=O) groups excluding carboxylic acids is 1. The number of hydrogen-bond acceptors (Lipinski definition) is 5. The quantitative estimate of drug-likeness (QED) is 0.716. The minimum Gasteiger partial charge on any atom is -0.494 e. The summed E-state index contributed by atoms with van der Waals surface area (Å²) in [6, 6.07) is 1.89. The van der Waals surface area contributed by atoms with E-state index in [2.05, 4.69) is 20.1 Å². The minimum absolute atomic E-state index is 0.164. The number of aromatic nitrogens is 5. The monoisotopic (exact) mass is 257 g/mol. The van der Waals surface area contributed by atoms with Gasteiger partial charge in [-0.05, 0) is 6.07 Å². The summed E-state index contributed by atoms with van der Waals surface area (Å²) in [6.07, 6.45) is 4.87. The molecule has 96 valence electrons. The number of pyridine rings is 1. The van der Waals surface area contributed by atoms with E-state index in [1.807, 2.05) is 6.07 Å². The van der Waals surface area contributed by atoms with Crippen molar-refractivity contribution in [2.75, 3.05) is 7.11 Å². The first kappa shape index (κ1) is 11.4. The third-order valence-electron chi connectivity index (χ3n) is 2.78. The Morgan fingerprint density at radius 3 is 2.95 bits per heavy atom. The van der Waals surface area contributed by atoms with Gasteiger partial charge in [0.15, 0.2) is 11.6 Å². The number of H-pyrrole nitrogens is 1. The Hall–Kier alpha value is -2.70. The Morgan fingerprint density at radius 1 is 1.42 bits per heavy atom. The third-order valence-corrected chi connectivity index (χ3v) is 2.78. The molecular weight excluding hydrogens is 246 g/mol. The van der Waals surface area contributed by atoms with Gasteiger partial charge in [-0.2, -0.15) is 4.68 Å². The van der Waals surface area contributed by atoms with Crippen molar-refractivity contribution in [1.82, 2.24) is 24.7 Å². The molecule has 0 saturated carbocycles. The van der Waals surface area contributed by atoms with Gasteiger partial charge in [0.2, 0.25) is 5.82 Å². The van der Waals surface area contributed by atoms with E-state index in [4.69, 9.17) is 4.74 Å². The Balaban J connectivity index is 2.19. The van der Waals surface area contributed by atoms with Crippen molar-refractivity contribution in [1.29, 1.82) is 0 Å². The van der Waals surface area contributed by atoms with E-state index in [1.54, 1.807) is 19.5 Å². The number of ketones is 1. The second kappa shape index (κ2) is 4.20. The minimum atomic E-state index is -0.185. The molecule has 0 spiro atoms. The van der Waals surface area contributed by atoms with E-state index in [9.17, 15) is 4.79 Å². The van der Waals surface area contributed by atoms with E-state index < -0.39 is 0 Å². The lowest BCUT2D eigenvalue weighted by atomic mass is 10.3. The van der Waals surface area contributed by atoms with E-state index in [1.165, 1.54) is 17.9 Å². The summed E-state index contributed by atoms with van der Waals surface area (Å²) in [5, 5.41) is 4.99. The summed E-state index contributed by atoms with van der Waals surface area (Å²) in [5.74, 6) is 1.22. The van der Waals surface area contributed by atoms with Crippen molar-refractivity contribution in [3.63, 3.8) is 0 Å². The third kappa shape index (κ3) is 1.75. The van der Waals surface area contributed by atoms with Crippen molar-refractivity contribution in [3.05, 3.63) is 30.6 Å². The van der Waals surface area contributed by atoms with Crippen molar-refractivity contribution >= 4 is 16.7 Å². The lowest BCUT2D eigenvalue weighted by Crippen LogP contribution is -2.02. The Bertz CT molecular complexity index is 758. The second-order valence-electron chi connectivity index (χ2n) is 3.99. The van der Waals surface area contributed by atoms with Crippen LogP contribution in [0.5, 0.6) is 5.75 Å². The fourth-order valence-corrected chi connectivity index (χ4v) is 1.88. The summed E-state index contributed by atoms with van der Waals surface area (Å²) in [5.41, 5.74) is 0.777. The van der Waals surface area contributed by atoms with Gasteiger partial charge in [0.25, 0.3) is 0 Å². The van der Waals surface area contributed by atoms with Crippen molar-refractivity contribution < 1.29 is 9.53 Å². The van der Waals surface area contributed by atoms with Gasteiger partial charge in [-0.3, -0.25) is 4.79 Å². The maximum absolute atomic E-state index is 11.2. The number of nitrogens with one attached hydrogen (secondary N) is 1. The molecule has 0 aliphatic carbocycles. The first-order chi connectivity index (χ1) is 9.20. The number of ether oxygens (including phenoxy) is 1. The highest BCUT2D eigenvalue weighted by Gasteiger charge is 2.13. The molecule has 0 aromatic carbocycles. The molecule has 19 heavy (non-hydrogen) atoms. The zero-order chi connectivity index (χ0) is 13.4. The summed E-state index contributed by atoms with van der Waals surface area (Å²) in [4.78, 5) is 22.5. The fourth-order valence-electron chi connectivity index (χ4n) is 1.88. The van der Waals surface area contributed by atoms with Crippen LogP contribution in [-0.4, -0.2) is 37.6 Å². The Kier molecular flexibility index (Phi) is 2.52. The number of carbonyl (C=O) groups is 1. The highest BCUT2D eigenvalue weighted by molar-refractivity contribution is 5.91. The highest BCUT2D eigenvalue weighted by Crippen LogP contribution is 2.27. The van der Waals surface area contributed by atoms with Crippen LogP contribution in [0.15, 0.2) is 24.8 Å². The maximum Gasteiger partial charge on any atom is 0.217 e. The van der Waals surface area contributed by atoms with Crippen molar-refractivity contribution in [3.8, 4) is 11.6 Å². The van der Waals surface area contributed by atoms with Gasteiger partial charge in [0.05, 0.1) is 18.8 Å². The van der Waals surface area contributed by atoms with Gasteiger partial charge >= 0.3 is 0 Å². The molecule has 0 radical (unpaired) electrons. The van der Waals surface area contributed by atoms with Gasteiger partial charge in [-0.15, -0.1) is 5.10 Å². The summed E-state index contributed by atoms with van der Waals surface area (Å²) < 4.78 is 6.71. The number of hydrogen-bond donors (Lipinski definition) is 1. The molecule has 7 heteroatoms. The SMILES string of the molecule is COc1cnc(-n2cnc(C(C)=O)n2)c2[nH]ccc12.